The van der Waals surface area contributed by atoms with Gasteiger partial charge in [0.2, 0.25) is 0 Å². The minimum atomic E-state index is 0.0523. The number of aromatic nitrogens is 2. The van der Waals surface area contributed by atoms with E-state index in [1.165, 1.54) is 5.56 Å². The number of aryl methyl sites for hydroxylation is 1. The van der Waals surface area contributed by atoms with Crippen LogP contribution in [0, 0.1) is 6.92 Å². The van der Waals surface area contributed by atoms with Gasteiger partial charge in [0.1, 0.15) is 12.4 Å². The Balaban J connectivity index is 1.18. The second-order valence-electron chi connectivity index (χ2n) is 8.23. The third-order valence-electron chi connectivity index (χ3n) is 5.90. The fraction of sp³-hybridized carbons (Fsp3) is 0.269. The number of pyridine rings is 1. The van der Waals surface area contributed by atoms with E-state index in [0.717, 1.165) is 41.2 Å². The van der Waals surface area contributed by atoms with Crippen molar-refractivity contribution in [2.24, 2.45) is 0 Å². The van der Waals surface area contributed by atoms with E-state index in [2.05, 4.69) is 39.1 Å². The van der Waals surface area contributed by atoms with Gasteiger partial charge < -0.3 is 9.64 Å². The van der Waals surface area contributed by atoms with Gasteiger partial charge in [-0.3, -0.25) is 14.7 Å². The highest BCUT2D eigenvalue weighted by Crippen LogP contribution is 2.20. The van der Waals surface area contributed by atoms with Gasteiger partial charge in [0.05, 0.1) is 16.2 Å². The van der Waals surface area contributed by atoms with Crippen molar-refractivity contribution in [1.29, 1.82) is 0 Å². The molecule has 2 aromatic carbocycles. The van der Waals surface area contributed by atoms with E-state index >= 15 is 0 Å². The average molecular weight is 459 g/mol. The van der Waals surface area contributed by atoms with Gasteiger partial charge in [-0.05, 0) is 36.8 Å². The Labute approximate surface area is 197 Å². The molecule has 3 heterocycles. The number of hydrogen-bond acceptors (Lipinski definition) is 6. The molecular weight excluding hydrogens is 432 g/mol. The van der Waals surface area contributed by atoms with Gasteiger partial charge in [-0.15, -0.1) is 11.3 Å². The molecule has 2 aromatic heterocycles. The van der Waals surface area contributed by atoms with E-state index in [1.54, 1.807) is 11.3 Å². The minimum absolute atomic E-state index is 0.0523. The topological polar surface area (TPSA) is 58.6 Å². The minimum Gasteiger partial charge on any atom is -0.487 e. The highest BCUT2D eigenvalue weighted by Gasteiger charge is 2.23. The van der Waals surface area contributed by atoms with E-state index < -0.39 is 0 Å². The van der Waals surface area contributed by atoms with Gasteiger partial charge in [-0.2, -0.15) is 0 Å². The molecule has 0 unspecified atom stereocenters. The fourth-order valence-corrected chi connectivity index (χ4v) is 4.78. The molecule has 168 valence electrons. The van der Waals surface area contributed by atoms with Gasteiger partial charge in [0.15, 0.2) is 0 Å². The number of hydrogen-bond donors (Lipinski definition) is 0. The summed E-state index contributed by atoms with van der Waals surface area (Å²) in [6.45, 7) is 6.33. The number of fused-ring (bicyclic) bond motifs is 1. The summed E-state index contributed by atoms with van der Waals surface area (Å²) in [6.07, 6.45) is 1.85. The highest BCUT2D eigenvalue weighted by atomic mass is 32.1. The van der Waals surface area contributed by atoms with Crippen molar-refractivity contribution in [3.63, 3.8) is 0 Å². The Morgan fingerprint density at radius 3 is 2.70 bits per heavy atom. The van der Waals surface area contributed by atoms with Crippen molar-refractivity contribution >= 4 is 28.1 Å². The van der Waals surface area contributed by atoms with Crippen LogP contribution in [0.1, 0.15) is 26.6 Å². The van der Waals surface area contributed by atoms with Crippen LogP contribution in [0.3, 0.4) is 0 Å². The molecule has 5 rings (SSSR count). The van der Waals surface area contributed by atoms with Crippen LogP contribution in [0.2, 0.25) is 0 Å². The molecule has 0 atom stereocenters. The summed E-state index contributed by atoms with van der Waals surface area (Å²) in [5, 5.41) is 4.18. The lowest BCUT2D eigenvalue weighted by Gasteiger charge is -2.35. The smallest absolute Gasteiger partial charge is 0.254 e. The standard InChI is InChI=1S/C26H26N4O2S/c1-19-28-23(18-33-19)17-32-24-9-3-6-21(15-24)26(31)30-13-11-29(12-14-30)16-22-7-2-5-20-8-4-10-27-25(20)22/h2-10,15,18H,11-14,16-17H2,1H3. The van der Waals surface area contributed by atoms with Gasteiger partial charge in [0.25, 0.3) is 5.91 Å². The number of para-hydroxylation sites is 1. The van der Waals surface area contributed by atoms with Crippen LogP contribution in [-0.2, 0) is 13.2 Å². The molecule has 1 aliphatic heterocycles. The number of carbonyl (C=O) groups is 1. The van der Waals surface area contributed by atoms with Crippen LogP contribution >= 0.6 is 11.3 Å². The maximum absolute atomic E-state index is 13.1. The highest BCUT2D eigenvalue weighted by molar-refractivity contribution is 7.09. The van der Waals surface area contributed by atoms with Crippen LogP contribution < -0.4 is 4.74 Å². The lowest BCUT2D eigenvalue weighted by Crippen LogP contribution is -2.48. The zero-order chi connectivity index (χ0) is 22.6. The summed E-state index contributed by atoms with van der Waals surface area (Å²) in [4.78, 5) is 26.4. The average Bonchev–Trinajstić information content (AvgIpc) is 3.28. The number of amides is 1. The second kappa shape index (κ2) is 9.68. The molecule has 1 fully saturated rings. The number of piperazine rings is 1. The maximum atomic E-state index is 13.1. The predicted octanol–water partition coefficient (Wildman–Crippen LogP) is 4.54. The number of rotatable bonds is 6. The van der Waals surface area contributed by atoms with Crippen LogP contribution in [0.5, 0.6) is 5.75 Å². The monoisotopic (exact) mass is 458 g/mol. The molecule has 1 aliphatic rings. The zero-order valence-electron chi connectivity index (χ0n) is 18.6. The Kier molecular flexibility index (Phi) is 6.32. The van der Waals surface area contributed by atoms with E-state index in [9.17, 15) is 4.79 Å². The Hall–Kier alpha value is -3.29. The fourth-order valence-electron chi connectivity index (χ4n) is 4.18. The largest absolute Gasteiger partial charge is 0.487 e. The molecule has 33 heavy (non-hydrogen) atoms. The molecule has 0 radical (unpaired) electrons. The molecule has 0 saturated carbocycles. The first-order valence-corrected chi connectivity index (χ1v) is 12.0. The van der Waals surface area contributed by atoms with E-state index in [0.29, 0.717) is 31.0 Å². The molecule has 0 aliphatic carbocycles. The second-order valence-corrected chi connectivity index (χ2v) is 9.30. The summed E-state index contributed by atoms with van der Waals surface area (Å²) in [5.41, 5.74) is 3.86. The van der Waals surface area contributed by atoms with Crippen LogP contribution in [0.15, 0.2) is 66.2 Å². The summed E-state index contributed by atoms with van der Waals surface area (Å²) in [6, 6.07) is 17.8. The summed E-state index contributed by atoms with van der Waals surface area (Å²) >= 11 is 1.61. The molecule has 7 heteroatoms. The number of nitrogens with zero attached hydrogens (tertiary/aromatic N) is 4. The number of thiazole rings is 1. The van der Waals surface area contributed by atoms with Crippen molar-refractivity contribution in [1.82, 2.24) is 19.8 Å². The maximum Gasteiger partial charge on any atom is 0.254 e. The molecule has 0 spiro atoms. The molecule has 4 aromatic rings. The molecule has 6 nitrogen and oxygen atoms in total. The van der Waals surface area contributed by atoms with Crippen LogP contribution in [-0.4, -0.2) is 51.9 Å². The summed E-state index contributed by atoms with van der Waals surface area (Å²) in [5.74, 6) is 0.741. The van der Waals surface area contributed by atoms with E-state index in [4.69, 9.17) is 4.74 Å². The van der Waals surface area contributed by atoms with Crippen molar-refractivity contribution in [3.8, 4) is 5.75 Å². The predicted molar refractivity (Wildman–Crippen MR) is 131 cm³/mol. The van der Waals surface area contributed by atoms with Crippen molar-refractivity contribution in [3.05, 3.63) is 88.0 Å². The molecule has 0 bridgehead atoms. The quantitative estimate of drug-likeness (QED) is 0.425. The third kappa shape index (κ3) is 5.05. The van der Waals surface area contributed by atoms with Gasteiger partial charge in [-0.1, -0.05) is 30.3 Å². The van der Waals surface area contributed by atoms with Gasteiger partial charge >= 0.3 is 0 Å². The first-order chi connectivity index (χ1) is 16.2. The van der Waals surface area contributed by atoms with E-state index in [1.807, 2.05) is 53.7 Å². The molecule has 1 amide bonds. The van der Waals surface area contributed by atoms with E-state index in [-0.39, 0.29) is 5.91 Å². The number of benzene rings is 2. The Bertz CT molecular complexity index is 1260. The first kappa shape index (κ1) is 21.6. The normalized spacial score (nSPS) is 14.5. The van der Waals surface area contributed by atoms with Crippen LogP contribution in [0.25, 0.3) is 10.9 Å². The lowest BCUT2D eigenvalue weighted by atomic mass is 10.1. The number of carbonyl (C=O) groups excluding carboxylic acids is 1. The molecular formula is C26H26N4O2S. The van der Waals surface area contributed by atoms with Crippen molar-refractivity contribution in [2.45, 2.75) is 20.1 Å². The van der Waals surface area contributed by atoms with Gasteiger partial charge in [-0.25, -0.2) is 4.98 Å². The zero-order valence-corrected chi connectivity index (χ0v) is 19.4. The third-order valence-corrected chi connectivity index (χ3v) is 6.73. The summed E-state index contributed by atoms with van der Waals surface area (Å²) < 4.78 is 5.86. The van der Waals surface area contributed by atoms with Crippen molar-refractivity contribution < 1.29 is 9.53 Å². The van der Waals surface area contributed by atoms with Crippen molar-refractivity contribution in [2.75, 3.05) is 26.2 Å². The first-order valence-electron chi connectivity index (χ1n) is 11.1. The SMILES string of the molecule is Cc1nc(COc2cccc(C(=O)N3CCN(Cc4cccc5cccnc45)CC3)c2)cs1. The van der Waals surface area contributed by atoms with Gasteiger partial charge in [0, 0.05) is 55.3 Å². The molecule has 1 saturated heterocycles. The summed E-state index contributed by atoms with van der Waals surface area (Å²) in [7, 11) is 0. The Morgan fingerprint density at radius 2 is 1.88 bits per heavy atom. The van der Waals surface area contributed by atoms with Crippen LogP contribution in [0.4, 0.5) is 0 Å². The molecule has 0 N–H and O–H groups in total. The lowest BCUT2D eigenvalue weighted by molar-refractivity contribution is 0.0628. The Morgan fingerprint density at radius 1 is 1.06 bits per heavy atom. The number of ether oxygens (including phenoxy) is 1.